The zero-order chi connectivity index (χ0) is 29.3. The van der Waals surface area contributed by atoms with E-state index in [2.05, 4.69) is 5.32 Å². The summed E-state index contributed by atoms with van der Waals surface area (Å²) in [5, 5.41) is 2.93. The van der Waals surface area contributed by atoms with Crippen LogP contribution in [-0.4, -0.2) is 50.9 Å². The number of methoxy groups -OCH3 is 1. The van der Waals surface area contributed by atoms with Gasteiger partial charge < -0.3 is 15.0 Å². The monoisotopic (exact) mass is 569 g/mol. The second-order valence-corrected chi connectivity index (χ2v) is 11.2. The van der Waals surface area contributed by atoms with Gasteiger partial charge in [-0.3, -0.25) is 13.9 Å². The van der Waals surface area contributed by atoms with E-state index in [1.807, 2.05) is 13.8 Å². The van der Waals surface area contributed by atoms with Crippen molar-refractivity contribution in [3.05, 3.63) is 90.2 Å². The number of para-hydroxylation sites is 2. The van der Waals surface area contributed by atoms with E-state index >= 15 is 0 Å². The van der Waals surface area contributed by atoms with Crippen molar-refractivity contribution in [1.29, 1.82) is 0 Å². The fourth-order valence-electron chi connectivity index (χ4n) is 4.22. The fraction of sp³-hybridized carbons (Fsp3) is 0.333. The quantitative estimate of drug-likeness (QED) is 0.321. The Morgan fingerprint density at radius 3 is 2.15 bits per heavy atom. The number of carbonyl (C=O) groups is 2. The Hall–Kier alpha value is -3.92. The molecule has 0 aliphatic heterocycles. The topological polar surface area (TPSA) is 96.0 Å². The van der Waals surface area contributed by atoms with Gasteiger partial charge in [0.1, 0.15) is 24.2 Å². The molecular formula is C30H36FN3O5S. The van der Waals surface area contributed by atoms with E-state index in [0.717, 1.165) is 4.31 Å². The van der Waals surface area contributed by atoms with Gasteiger partial charge >= 0.3 is 0 Å². The van der Waals surface area contributed by atoms with Crippen LogP contribution in [0, 0.1) is 5.82 Å². The highest BCUT2D eigenvalue weighted by molar-refractivity contribution is 7.92. The molecule has 40 heavy (non-hydrogen) atoms. The number of nitrogens with zero attached hydrogens (tertiary/aromatic N) is 2. The molecule has 0 saturated carbocycles. The summed E-state index contributed by atoms with van der Waals surface area (Å²) < 4.78 is 47.8. The standard InChI is InChI=1S/C30H36FN3O5S/c1-5-22(3)32-30(36)26(6-2)33(20-23-16-18-24(31)19-17-23)29(35)21-34(27-14-10-11-15-28(27)39-4)40(37,38)25-12-8-7-9-13-25/h7-19,22,26H,5-6,20-21H2,1-4H3,(H,32,36). The van der Waals surface area contributed by atoms with Crippen LogP contribution in [0.4, 0.5) is 10.1 Å². The molecular weight excluding hydrogens is 533 g/mol. The molecule has 3 rings (SSSR count). The number of carbonyl (C=O) groups excluding carboxylic acids is 2. The fourth-order valence-corrected chi connectivity index (χ4v) is 5.66. The van der Waals surface area contributed by atoms with E-state index in [1.165, 1.54) is 48.4 Å². The lowest BCUT2D eigenvalue weighted by Crippen LogP contribution is -2.53. The molecule has 0 saturated heterocycles. The van der Waals surface area contributed by atoms with E-state index in [4.69, 9.17) is 4.74 Å². The van der Waals surface area contributed by atoms with Crippen LogP contribution in [0.5, 0.6) is 5.75 Å². The third kappa shape index (κ3) is 7.38. The maximum Gasteiger partial charge on any atom is 0.264 e. The van der Waals surface area contributed by atoms with Crippen LogP contribution in [0.25, 0.3) is 0 Å². The molecule has 0 aliphatic carbocycles. The zero-order valence-corrected chi connectivity index (χ0v) is 24.0. The minimum absolute atomic E-state index is 0.000320. The average molecular weight is 570 g/mol. The van der Waals surface area contributed by atoms with Gasteiger partial charge in [-0.2, -0.15) is 0 Å². The molecule has 0 radical (unpaired) electrons. The summed E-state index contributed by atoms with van der Waals surface area (Å²) in [6.45, 7) is 4.98. The van der Waals surface area contributed by atoms with Crippen molar-refractivity contribution < 1.29 is 27.1 Å². The van der Waals surface area contributed by atoms with Gasteiger partial charge in [-0.15, -0.1) is 0 Å². The molecule has 2 unspecified atom stereocenters. The lowest BCUT2D eigenvalue weighted by Gasteiger charge is -2.34. The average Bonchev–Trinajstić information content (AvgIpc) is 2.96. The SMILES string of the molecule is CCC(C)NC(=O)C(CC)N(Cc1ccc(F)cc1)C(=O)CN(c1ccccc1OC)S(=O)(=O)c1ccccc1. The Kier molecular flexibility index (Phi) is 10.7. The Labute approximate surface area is 235 Å². The number of sulfonamides is 1. The molecule has 8 nitrogen and oxygen atoms in total. The highest BCUT2D eigenvalue weighted by Gasteiger charge is 2.34. The number of hydrogen-bond donors (Lipinski definition) is 1. The minimum atomic E-state index is -4.21. The molecule has 0 aliphatic rings. The maximum absolute atomic E-state index is 14.1. The molecule has 214 valence electrons. The van der Waals surface area contributed by atoms with Crippen LogP contribution >= 0.6 is 0 Å². The number of nitrogens with one attached hydrogen (secondary N) is 1. The Bertz CT molecular complexity index is 1380. The predicted octanol–water partition coefficient (Wildman–Crippen LogP) is 4.75. The van der Waals surface area contributed by atoms with Crippen LogP contribution in [0.1, 0.15) is 39.2 Å². The molecule has 3 aromatic rings. The molecule has 0 fully saturated rings. The van der Waals surface area contributed by atoms with Crippen molar-refractivity contribution in [2.45, 2.75) is 57.1 Å². The van der Waals surface area contributed by atoms with E-state index in [1.54, 1.807) is 49.4 Å². The molecule has 3 aromatic carbocycles. The second kappa shape index (κ2) is 13.9. The lowest BCUT2D eigenvalue weighted by atomic mass is 10.1. The molecule has 0 aromatic heterocycles. The van der Waals surface area contributed by atoms with Crippen LogP contribution in [0.15, 0.2) is 83.8 Å². The third-order valence-corrected chi connectivity index (χ3v) is 8.39. The number of anilines is 1. The van der Waals surface area contributed by atoms with Crippen molar-refractivity contribution in [3.8, 4) is 5.75 Å². The van der Waals surface area contributed by atoms with Crippen LogP contribution in [-0.2, 0) is 26.2 Å². The molecule has 0 spiro atoms. The van der Waals surface area contributed by atoms with Crippen molar-refractivity contribution in [2.75, 3.05) is 18.0 Å². The van der Waals surface area contributed by atoms with Gasteiger partial charge in [0.05, 0.1) is 17.7 Å². The van der Waals surface area contributed by atoms with Gasteiger partial charge in [0.2, 0.25) is 11.8 Å². The van der Waals surface area contributed by atoms with Gasteiger partial charge in [-0.05, 0) is 61.7 Å². The van der Waals surface area contributed by atoms with E-state index in [0.29, 0.717) is 12.0 Å². The van der Waals surface area contributed by atoms with E-state index in [9.17, 15) is 22.4 Å². The predicted molar refractivity (Wildman–Crippen MR) is 153 cm³/mol. The number of hydrogen-bond acceptors (Lipinski definition) is 5. The number of halogens is 1. The largest absolute Gasteiger partial charge is 0.495 e. The number of benzene rings is 3. The van der Waals surface area contributed by atoms with Crippen molar-refractivity contribution in [3.63, 3.8) is 0 Å². The van der Waals surface area contributed by atoms with Crippen LogP contribution in [0.2, 0.25) is 0 Å². The first kappa shape index (κ1) is 30.6. The molecule has 0 heterocycles. The summed E-state index contributed by atoms with van der Waals surface area (Å²) in [7, 11) is -2.80. The van der Waals surface area contributed by atoms with Gasteiger partial charge in [0.25, 0.3) is 10.0 Å². The summed E-state index contributed by atoms with van der Waals surface area (Å²) in [5.41, 5.74) is 0.778. The third-order valence-electron chi connectivity index (χ3n) is 6.62. The summed E-state index contributed by atoms with van der Waals surface area (Å²) in [4.78, 5) is 28.7. The Morgan fingerprint density at radius 2 is 1.55 bits per heavy atom. The zero-order valence-electron chi connectivity index (χ0n) is 23.2. The summed E-state index contributed by atoms with van der Waals surface area (Å²) in [5.74, 6) is -1.11. The Balaban J connectivity index is 2.08. The molecule has 10 heteroatoms. The number of amides is 2. The molecule has 2 amide bonds. The second-order valence-electron chi connectivity index (χ2n) is 9.39. The van der Waals surface area contributed by atoms with E-state index in [-0.39, 0.29) is 41.2 Å². The summed E-state index contributed by atoms with van der Waals surface area (Å²) >= 11 is 0. The number of rotatable bonds is 13. The highest BCUT2D eigenvalue weighted by atomic mass is 32.2. The Morgan fingerprint density at radius 1 is 0.925 bits per heavy atom. The van der Waals surface area contributed by atoms with Crippen LogP contribution in [0.3, 0.4) is 0 Å². The summed E-state index contributed by atoms with van der Waals surface area (Å²) in [6.07, 6.45) is 0.986. The normalized spacial score (nSPS) is 12.7. The molecule has 0 bridgehead atoms. The van der Waals surface area contributed by atoms with Gasteiger partial charge in [0.15, 0.2) is 0 Å². The van der Waals surface area contributed by atoms with Crippen molar-refractivity contribution >= 4 is 27.5 Å². The molecule has 1 N–H and O–H groups in total. The van der Waals surface area contributed by atoms with Crippen LogP contribution < -0.4 is 14.4 Å². The van der Waals surface area contributed by atoms with Gasteiger partial charge in [-0.25, -0.2) is 12.8 Å². The lowest BCUT2D eigenvalue weighted by molar-refractivity contribution is -0.140. The van der Waals surface area contributed by atoms with Gasteiger partial charge in [0, 0.05) is 12.6 Å². The minimum Gasteiger partial charge on any atom is -0.495 e. The first-order valence-corrected chi connectivity index (χ1v) is 14.6. The van der Waals surface area contributed by atoms with Crippen molar-refractivity contribution in [1.82, 2.24) is 10.2 Å². The first-order chi connectivity index (χ1) is 19.1. The van der Waals surface area contributed by atoms with E-state index < -0.39 is 34.3 Å². The number of ether oxygens (including phenoxy) is 1. The molecule has 2 atom stereocenters. The van der Waals surface area contributed by atoms with Crippen molar-refractivity contribution in [2.24, 2.45) is 0 Å². The maximum atomic E-state index is 14.1. The smallest absolute Gasteiger partial charge is 0.264 e. The first-order valence-electron chi connectivity index (χ1n) is 13.2. The summed E-state index contributed by atoms with van der Waals surface area (Å²) in [6, 6.07) is 18.9. The highest BCUT2D eigenvalue weighted by Crippen LogP contribution is 2.32. The van der Waals surface area contributed by atoms with Gasteiger partial charge in [-0.1, -0.05) is 56.3 Å².